The first-order valence-electron chi connectivity index (χ1n) is 5.64. The Bertz CT molecular complexity index is 530. The normalized spacial score (nSPS) is 9.89. The smallest absolute Gasteiger partial charge is 0.158 e. The second-order valence-electron chi connectivity index (χ2n) is 3.74. The molecule has 2 aromatic carbocycles. The van der Waals surface area contributed by atoms with E-state index in [-0.39, 0.29) is 5.17 Å². The highest BCUT2D eigenvalue weighted by molar-refractivity contribution is 8.33. The van der Waals surface area contributed by atoms with Gasteiger partial charge in [-0.05, 0) is 36.0 Å². The molecule has 96 valence electrons. The van der Waals surface area contributed by atoms with Crippen molar-refractivity contribution < 1.29 is 0 Å². The summed E-state index contributed by atoms with van der Waals surface area (Å²) in [6.45, 7) is 0. The van der Waals surface area contributed by atoms with Gasteiger partial charge in [0.25, 0.3) is 0 Å². The number of nitrogens with zero attached hydrogens (tertiary/aromatic N) is 1. The number of amidine groups is 1. The number of thioether (sulfide) groups is 1. The molecule has 2 rings (SSSR count). The summed E-state index contributed by atoms with van der Waals surface area (Å²) < 4.78 is 0.532. The molecule has 0 heterocycles. The largest absolute Gasteiger partial charge is 0.378 e. The van der Waals surface area contributed by atoms with Gasteiger partial charge in [-0.15, -0.1) is 0 Å². The monoisotopic (exact) mass is 287 g/mol. The van der Waals surface area contributed by atoms with Crippen LogP contribution in [0.15, 0.2) is 60.7 Å². The minimum Gasteiger partial charge on any atom is -0.378 e. The second-order valence-corrected chi connectivity index (χ2v) is 5.41. The van der Waals surface area contributed by atoms with Crippen LogP contribution in [0.1, 0.15) is 0 Å². The van der Waals surface area contributed by atoms with Crippen molar-refractivity contribution in [3.63, 3.8) is 0 Å². The number of rotatable bonds is 2. The molecular weight excluding hydrogens is 274 g/mol. The van der Waals surface area contributed by atoms with Gasteiger partial charge in [0.15, 0.2) is 9.49 Å². The molecule has 0 unspecified atom stereocenters. The van der Waals surface area contributed by atoms with Crippen LogP contribution >= 0.6 is 24.0 Å². The van der Waals surface area contributed by atoms with E-state index in [1.807, 2.05) is 65.6 Å². The highest BCUT2D eigenvalue weighted by Crippen LogP contribution is 2.28. The number of para-hydroxylation sites is 2. The van der Waals surface area contributed by atoms with Crippen LogP contribution < -0.4 is 10.6 Å². The Balaban J connectivity index is 2.40. The maximum atomic E-state index is 7.37. The standard InChI is InChI=1S/C14H13N3S2/c15-13(16)19-14(18)17(11-7-3-1-4-8-11)12-9-5-2-6-10-12/h1-10H,(H3,15,16). The molecular formula is C14H13N3S2. The topological polar surface area (TPSA) is 53.1 Å². The minimum atomic E-state index is -0.0122. The summed E-state index contributed by atoms with van der Waals surface area (Å²) in [5, 5.41) is 7.36. The van der Waals surface area contributed by atoms with Crippen LogP contribution in [-0.4, -0.2) is 9.49 Å². The summed E-state index contributed by atoms with van der Waals surface area (Å²) in [5.74, 6) is 0. The number of nitrogens with one attached hydrogen (secondary N) is 1. The molecule has 0 saturated carbocycles. The number of benzene rings is 2. The van der Waals surface area contributed by atoms with Crippen molar-refractivity contribution in [2.24, 2.45) is 5.73 Å². The second kappa shape index (κ2) is 6.36. The predicted octanol–water partition coefficient (Wildman–Crippen LogP) is 3.74. The molecule has 0 aliphatic heterocycles. The van der Waals surface area contributed by atoms with E-state index in [9.17, 15) is 0 Å². The molecule has 0 aliphatic rings. The molecule has 5 heteroatoms. The highest BCUT2D eigenvalue weighted by Gasteiger charge is 2.15. The average Bonchev–Trinajstić information content (AvgIpc) is 2.40. The van der Waals surface area contributed by atoms with Gasteiger partial charge in [0, 0.05) is 11.4 Å². The summed E-state index contributed by atoms with van der Waals surface area (Å²) in [5.41, 5.74) is 7.32. The van der Waals surface area contributed by atoms with Crippen LogP contribution in [0.3, 0.4) is 0 Å². The highest BCUT2D eigenvalue weighted by atomic mass is 32.2. The molecule has 3 nitrogen and oxygen atoms in total. The molecule has 0 aromatic heterocycles. The van der Waals surface area contributed by atoms with Gasteiger partial charge >= 0.3 is 0 Å². The molecule has 0 fully saturated rings. The third-order valence-electron chi connectivity index (χ3n) is 2.41. The van der Waals surface area contributed by atoms with Crippen molar-refractivity contribution in [3.05, 3.63) is 60.7 Å². The molecule has 0 spiro atoms. The number of hydrogen-bond acceptors (Lipinski definition) is 3. The Morgan fingerprint density at radius 2 is 1.37 bits per heavy atom. The fourth-order valence-corrected chi connectivity index (χ4v) is 2.62. The van der Waals surface area contributed by atoms with Crippen molar-refractivity contribution >= 4 is 44.8 Å². The first-order valence-corrected chi connectivity index (χ1v) is 6.87. The zero-order chi connectivity index (χ0) is 13.7. The van der Waals surface area contributed by atoms with E-state index in [0.717, 1.165) is 23.1 Å². The molecule has 0 radical (unpaired) electrons. The van der Waals surface area contributed by atoms with Crippen molar-refractivity contribution in [1.82, 2.24) is 0 Å². The van der Waals surface area contributed by atoms with Gasteiger partial charge in [-0.2, -0.15) is 0 Å². The maximum Gasteiger partial charge on any atom is 0.158 e. The molecule has 0 atom stereocenters. The average molecular weight is 287 g/mol. The lowest BCUT2D eigenvalue weighted by Gasteiger charge is -2.24. The van der Waals surface area contributed by atoms with Crippen molar-refractivity contribution in [2.75, 3.05) is 4.90 Å². The quantitative estimate of drug-likeness (QED) is 0.502. The van der Waals surface area contributed by atoms with Crippen molar-refractivity contribution in [3.8, 4) is 0 Å². The molecule has 0 aliphatic carbocycles. The third kappa shape index (κ3) is 3.56. The zero-order valence-electron chi connectivity index (χ0n) is 10.1. The molecule has 3 N–H and O–H groups in total. The SMILES string of the molecule is N=C(N)SC(=S)N(c1ccccc1)c1ccccc1. The molecule has 0 saturated heterocycles. The Morgan fingerprint density at radius 1 is 0.947 bits per heavy atom. The van der Waals surface area contributed by atoms with Gasteiger partial charge < -0.3 is 5.73 Å². The zero-order valence-corrected chi connectivity index (χ0v) is 11.7. The van der Waals surface area contributed by atoms with E-state index in [2.05, 4.69) is 0 Å². The summed E-state index contributed by atoms with van der Waals surface area (Å²) in [4.78, 5) is 1.90. The summed E-state index contributed by atoms with van der Waals surface area (Å²) in [6, 6.07) is 19.6. The first-order chi connectivity index (χ1) is 9.18. The fraction of sp³-hybridized carbons (Fsp3) is 0. The number of hydrogen-bond donors (Lipinski definition) is 2. The van der Waals surface area contributed by atoms with E-state index >= 15 is 0 Å². The number of nitrogens with two attached hydrogens (primary N) is 1. The van der Waals surface area contributed by atoms with E-state index < -0.39 is 0 Å². The summed E-state index contributed by atoms with van der Waals surface area (Å²) in [7, 11) is 0. The molecule has 0 bridgehead atoms. The van der Waals surface area contributed by atoms with Crippen LogP contribution in [0.25, 0.3) is 0 Å². The lowest BCUT2D eigenvalue weighted by molar-refractivity contribution is 1.39. The van der Waals surface area contributed by atoms with Gasteiger partial charge in [0.1, 0.15) is 0 Å². The molecule has 19 heavy (non-hydrogen) atoms. The Morgan fingerprint density at radius 3 is 1.74 bits per heavy atom. The predicted molar refractivity (Wildman–Crippen MR) is 87.1 cm³/mol. The lowest BCUT2D eigenvalue weighted by Crippen LogP contribution is -2.24. The third-order valence-corrected chi connectivity index (χ3v) is 3.42. The van der Waals surface area contributed by atoms with Gasteiger partial charge in [-0.3, -0.25) is 10.3 Å². The fourth-order valence-electron chi connectivity index (χ4n) is 1.65. The first kappa shape index (κ1) is 13.6. The van der Waals surface area contributed by atoms with E-state index in [1.54, 1.807) is 0 Å². The Kier molecular flexibility index (Phi) is 4.54. The van der Waals surface area contributed by atoms with Gasteiger partial charge in [-0.25, -0.2) is 0 Å². The van der Waals surface area contributed by atoms with Crippen LogP contribution in [0.2, 0.25) is 0 Å². The lowest BCUT2D eigenvalue weighted by atomic mass is 10.2. The molecule has 0 amide bonds. The van der Waals surface area contributed by atoms with Gasteiger partial charge in [-0.1, -0.05) is 48.6 Å². The van der Waals surface area contributed by atoms with E-state index in [0.29, 0.717) is 4.32 Å². The number of thiocarbonyl (C=S) groups is 1. The van der Waals surface area contributed by atoms with Gasteiger partial charge in [0.2, 0.25) is 0 Å². The summed E-state index contributed by atoms with van der Waals surface area (Å²) in [6.07, 6.45) is 0. The number of anilines is 2. The minimum absolute atomic E-state index is 0.0122. The molecule has 2 aromatic rings. The van der Waals surface area contributed by atoms with Crippen LogP contribution in [0.5, 0.6) is 0 Å². The van der Waals surface area contributed by atoms with Gasteiger partial charge in [0.05, 0.1) is 0 Å². The van der Waals surface area contributed by atoms with E-state index in [4.69, 9.17) is 23.4 Å². The van der Waals surface area contributed by atoms with Crippen molar-refractivity contribution in [2.45, 2.75) is 0 Å². The maximum absolute atomic E-state index is 7.37. The van der Waals surface area contributed by atoms with Crippen LogP contribution in [0, 0.1) is 5.41 Å². The summed E-state index contributed by atoms with van der Waals surface area (Å²) >= 11 is 6.45. The Labute approximate surface area is 121 Å². The van der Waals surface area contributed by atoms with Crippen LogP contribution in [0.4, 0.5) is 11.4 Å². The van der Waals surface area contributed by atoms with E-state index in [1.165, 1.54) is 0 Å². The van der Waals surface area contributed by atoms with Crippen LogP contribution in [-0.2, 0) is 0 Å². The van der Waals surface area contributed by atoms with Crippen molar-refractivity contribution in [1.29, 1.82) is 5.41 Å². The Hall–Kier alpha value is -1.85.